The number of nitro groups is 1. The van der Waals surface area contributed by atoms with Crippen LogP contribution in [0.5, 0.6) is 0 Å². The first-order chi connectivity index (χ1) is 16.8. The predicted molar refractivity (Wildman–Crippen MR) is 135 cm³/mol. The minimum absolute atomic E-state index is 0.0432. The van der Waals surface area contributed by atoms with Gasteiger partial charge in [-0.2, -0.15) is 0 Å². The smallest absolute Gasteiger partial charge is 0.293 e. The summed E-state index contributed by atoms with van der Waals surface area (Å²) in [5, 5.41) is 14.6. The summed E-state index contributed by atoms with van der Waals surface area (Å²) in [6.45, 7) is 6.05. The maximum absolute atomic E-state index is 12.8. The third-order valence-corrected chi connectivity index (χ3v) is 7.08. The maximum Gasteiger partial charge on any atom is 0.293 e. The summed E-state index contributed by atoms with van der Waals surface area (Å²) in [7, 11) is 0. The van der Waals surface area contributed by atoms with E-state index in [9.17, 15) is 19.7 Å². The molecule has 9 nitrogen and oxygen atoms in total. The Morgan fingerprint density at radius 3 is 2.46 bits per heavy atom. The Labute approximate surface area is 205 Å². The van der Waals surface area contributed by atoms with E-state index in [1.54, 1.807) is 12.1 Å². The fourth-order valence-corrected chi connectivity index (χ4v) is 4.91. The molecular formula is C26H33N5O4. The lowest BCUT2D eigenvalue weighted by Crippen LogP contribution is -2.40. The molecule has 2 fully saturated rings. The molecule has 9 heteroatoms. The van der Waals surface area contributed by atoms with Gasteiger partial charge in [-0.1, -0.05) is 19.1 Å². The first-order valence-corrected chi connectivity index (χ1v) is 12.3. The first kappa shape index (κ1) is 24.7. The number of primary amides is 1. The number of nitrogens with two attached hydrogens (primary N) is 1. The van der Waals surface area contributed by atoms with Gasteiger partial charge < -0.3 is 16.0 Å². The van der Waals surface area contributed by atoms with Gasteiger partial charge in [-0.15, -0.1) is 0 Å². The number of benzene rings is 2. The van der Waals surface area contributed by atoms with Crippen LogP contribution in [0.4, 0.5) is 17.1 Å². The molecule has 2 aliphatic rings. The number of nitro benzene ring substituents is 1. The molecule has 4 rings (SSSR count). The molecule has 2 heterocycles. The second-order valence-electron chi connectivity index (χ2n) is 9.76. The second kappa shape index (κ2) is 10.9. The van der Waals surface area contributed by atoms with Crippen molar-refractivity contribution >= 4 is 28.9 Å². The monoisotopic (exact) mass is 479 g/mol. The normalized spacial score (nSPS) is 19.3. The number of amides is 2. The lowest BCUT2D eigenvalue weighted by molar-refractivity contribution is -0.384. The summed E-state index contributed by atoms with van der Waals surface area (Å²) in [4.78, 5) is 39.9. The van der Waals surface area contributed by atoms with Gasteiger partial charge in [0, 0.05) is 43.5 Å². The number of rotatable bonds is 7. The Morgan fingerprint density at radius 2 is 1.80 bits per heavy atom. The number of hydrogen-bond acceptors (Lipinski definition) is 6. The molecule has 2 saturated heterocycles. The van der Waals surface area contributed by atoms with Crippen molar-refractivity contribution in [2.24, 2.45) is 17.6 Å². The van der Waals surface area contributed by atoms with Gasteiger partial charge in [-0.05, 0) is 68.0 Å². The molecule has 1 unspecified atom stereocenters. The number of carbonyl (C=O) groups is 2. The van der Waals surface area contributed by atoms with Crippen LogP contribution in [0.2, 0.25) is 0 Å². The van der Waals surface area contributed by atoms with E-state index in [-0.39, 0.29) is 29.0 Å². The minimum Gasteiger partial charge on any atom is -0.369 e. The van der Waals surface area contributed by atoms with Crippen LogP contribution >= 0.6 is 0 Å². The van der Waals surface area contributed by atoms with Crippen molar-refractivity contribution in [3.63, 3.8) is 0 Å². The molecule has 1 atom stereocenters. The van der Waals surface area contributed by atoms with Gasteiger partial charge in [-0.25, -0.2) is 0 Å². The molecule has 0 saturated carbocycles. The third-order valence-electron chi connectivity index (χ3n) is 7.08. The van der Waals surface area contributed by atoms with Crippen LogP contribution in [0.15, 0.2) is 42.5 Å². The van der Waals surface area contributed by atoms with E-state index in [0.717, 1.165) is 50.9 Å². The summed E-state index contributed by atoms with van der Waals surface area (Å²) >= 11 is 0. The van der Waals surface area contributed by atoms with Crippen LogP contribution < -0.4 is 16.0 Å². The summed E-state index contributed by atoms with van der Waals surface area (Å²) in [6, 6.07) is 12.2. The van der Waals surface area contributed by atoms with Gasteiger partial charge in [-0.3, -0.25) is 24.6 Å². The van der Waals surface area contributed by atoms with Crippen molar-refractivity contribution in [3.8, 4) is 0 Å². The average Bonchev–Trinajstić information content (AvgIpc) is 2.85. The molecule has 35 heavy (non-hydrogen) atoms. The minimum atomic E-state index is -0.414. The number of likely N-dealkylation sites (tertiary alicyclic amines) is 1. The van der Waals surface area contributed by atoms with E-state index >= 15 is 0 Å². The van der Waals surface area contributed by atoms with Crippen LogP contribution in [-0.4, -0.2) is 47.8 Å². The van der Waals surface area contributed by atoms with E-state index in [1.165, 1.54) is 6.07 Å². The van der Waals surface area contributed by atoms with Crippen molar-refractivity contribution in [1.82, 2.24) is 4.90 Å². The number of anilines is 2. The Kier molecular flexibility index (Phi) is 7.65. The van der Waals surface area contributed by atoms with Crippen molar-refractivity contribution in [3.05, 3.63) is 63.7 Å². The predicted octanol–water partition coefficient (Wildman–Crippen LogP) is 3.78. The summed E-state index contributed by atoms with van der Waals surface area (Å²) in [5.74, 6) is -0.114. The van der Waals surface area contributed by atoms with Crippen LogP contribution in [0.1, 0.15) is 48.5 Å². The highest BCUT2D eigenvalue weighted by molar-refractivity contribution is 6.05. The Bertz CT molecular complexity index is 1080. The fourth-order valence-electron chi connectivity index (χ4n) is 4.91. The fraction of sp³-hybridized carbons (Fsp3) is 0.462. The SMILES string of the molecule is CC1CCN(c2ccc(C(=O)Nc3ccc(CN4CCCC(C(N)=O)C4)cc3)cc2[N+](=O)[O-])CC1. The van der Waals surface area contributed by atoms with E-state index in [0.29, 0.717) is 30.4 Å². The molecule has 0 spiro atoms. The van der Waals surface area contributed by atoms with Gasteiger partial charge in [0.1, 0.15) is 5.69 Å². The summed E-state index contributed by atoms with van der Waals surface area (Å²) < 4.78 is 0. The molecule has 0 aromatic heterocycles. The maximum atomic E-state index is 12.8. The van der Waals surface area contributed by atoms with Gasteiger partial charge >= 0.3 is 0 Å². The molecule has 0 aliphatic carbocycles. The first-order valence-electron chi connectivity index (χ1n) is 12.3. The molecule has 0 radical (unpaired) electrons. The number of nitrogens with one attached hydrogen (secondary N) is 1. The number of hydrogen-bond donors (Lipinski definition) is 2. The molecule has 2 aromatic carbocycles. The standard InChI is InChI=1S/C26H33N5O4/c1-18-10-13-30(14-11-18)23-9-6-20(15-24(23)31(34)35)26(33)28-22-7-4-19(5-8-22)16-29-12-2-3-21(17-29)25(27)32/h4-9,15,18,21H,2-3,10-14,16-17H2,1H3,(H2,27,32)(H,28,33). The van der Waals surface area contributed by atoms with Crippen molar-refractivity contribution in [2.75, 3.05) is 36.4 Å². The van der Waals surface area contributed by atoms with E-state index in [4.69, 9.17) is 5.73 Å². The Morgan fingerprint density at radius 1 is 1.09 bits per heavy atom. The van der Waals surface area contributed by atoms with Crippen LogP contribution in [0.3, 0.4) is 0 Å². The van der Waals surface area contributed by atoms with Gasteiger partial charge in [0.25, 0.3) is 11.6 Å². The number of nitrogens with zero attached hydrogens (tertiary/aromatic N) is 3. The highest BCUT2D eigenvalue weighted by Gasteiger charge is 2.25. The average molecular weight is 480 g/mol. The van der Waals surface area contributed by atoms with E-state index in [1.807, 2.05) is 29.2 Å². The zero-order chi connectivity index (χ0) is 24.9. The zero-order valence-electron chi connectivity index (χ0n) is 20.1. The summed E-state index contributed by atoms with van der Waals surface area (Å²) in [6.07, 6.45) is 3.79. The van der Waals surface area contributed by atoms with Crippen molar-refractivity contribution in [1.29, 1.82) is 0 Å². The van der Waals surface area contributed by atoms with Crippen LogP contribution in [-0.2, 0) is 11.3 Å². The molecule has 186 valence electrons. The lowest BCUT2D eigenvalue weighted by atomic mass is 9.97. The Balaban J connectivity index is 1.39. The van der Waals surface area contributed by atoms with Gasteiger partial charge in [0.15, 0.2) is 0 Å². The quantitative estimate of drug-likeness (QED) is 0.460. The molecule has 2 amide bonds. The molecular weight excluding hydrogens is 446 g/mol. The Hall–Kier alpha value is -3.46. The van der Waals surface area contributed by atoms with Crippen LogP contribution in [0.25, 0.3) is 0 Å². The van der Waals surface area contributed by atoms with E-state index < -0.39 is 4.92 Å². The number of carbonyl (C=O) groups excluding carboxylic acids is 2. The highest BCUT2D eigenvalue weighted by atomic mass is 16.6. The number of piperidine rings is 2. The van der Waals surface area contributed by atoms with Gasteiger partial charge in [0.05, 0.1) is 10.8 Å². The second-order valence-corrected chi connectivity index (χ2v) is 9.76. The zero-order valence-corrected chi connectivity index (χ0v) is 20.1. The topological polar surface area (TPSA) is 122 Å². The lowest BCUT2D eigenvalue weighted by Gasteiger charge is -2.31. The summed E-state index contributed by atoms with van der Waals surface area (Å²) in [5.41, 5.74) is 7.93. The largest absolute Gasteiger partial charge is 0.369 e. The highest BCUT2D eigenvalue weighted by Crippen LogP contribution is 2.32. The molecule has 2 aliphatic heterocycles. The van der Waals surface area contributed by atoms with E-state index in [2.05, 4.69) is 17.1 Å². The third kappa shape index (κ3) is 6.16. The molecule has 3 N–H and O–H groups in total. The molecule has 0 bridgehead atoms. The van der Waals surface area contributed by atoms with Crippen LogP contribution in [0, 0.1) is 22.0 Å². The van der Waals surface area contributed by atoms with Gasteiger partial charge in [0.2, 0.25) is 5.91 Å². The van der Waals surface area contributed by atoms with Crippen molar-refractivity contribution < 1.29 is 14.5 Å². The van der Waals surface area contributed by atoms with Crippen molar-refractivity contribution in [2.45, 2.75) is 39.2 Å². The molecule has 2 aromatic rings.